The number of aromatic nitrogens is 2. The van der Waals surface area contributed by atoms with Gasteiger partial charge in [-0.05, 0) is 23.8 Å². The van der Waals surface area contributed by atoms with Gasteiger partial charge in [-0.25, -0.2) is 4.98 Å². The molecule has 0 aliphatic carbocycles. The highest BCUT2D eigenvalue weighted by Gasteiger charge is 2.05. The van der Waals surface area contributed by atoms with Crippen molar-refractivity contribution in [1.82, 2.24) is 9.55 Å². The number of benzene rings is 1. The highest BCUT2D eigenvalue weighted by atomic mass is 79.9. The molecule has 4 nitrogen and oxygen atoms in total. The quantitative estimate of drug-likeness (QED) is 0.876. The number of rotatable bonds is 3. The average molecular weight is 294 g/mol. The Morgan fingerprint density at radius 3 is 3.00 bits per heavy atom. The average Bonchev–Trinajstić information content (AvgIpc) is 2.33. The number of nitrogens with zero attached hydrogens (tertiary/aromatic N) is 2. The molecule has 88 valence electrons. The van der Waals surface area contributed by atoms with E-state index < -0.39 is 0 Å². The second kappa shape index (κ2) is 4.81. The summed E-state index contributed by atoms with van der Waals surface area (Å²) >= 11 is 3.34. The summed E-state index contributed by atoms with van der Waals surface area (Å²) in [5, 5.41) is 0.590. The van der Waals surface area contributed by atoms with Crippen LogP contribution in [0.2, 0.25) is 0 Å². The summed E-state index contributed by atoms with van der Waals surface area (Å²) < 4.78 is 2.38. The van der Waals surface area contributed by atoms with Gasteiger partial charge in [0.05, 0.1) is 17.2 Å². The second-order valence-electron chi connectivity index (χ2n) is 3.79. The molecule has 0 bridgehead atoms. The van der Waals surface area contributed by atoms with Crippen molar-refractivity contribution in [3.05, 3.63) is 51.5 Å². The van der Waals surface area contributed by atoms with Crippen LogP contribution in [0.25, 0.3) is 10.9 Å². The van der Waals surface area contributed by atoms with Crippen LogP contribution in [0.15, 0.2) is 45.9 Å². The molecule has 2 rings (SSSR count). The number of hydrogen-bond donors (Lipinski definition) is 1. The Kier molecular flexibility index (Phi) is 3.40. The molecule has 2 aromatic rings. The first-order valence-corrected chi connectivity index (χ1v) is 5.92. The maximum Gasteiger partial charge on any atom is 0.261 e. The van der Waals surface area contributed by atoms with E-state index in [4.69, 9.17) is 5.73 Å². The standard InChI is InChI=1S/C12H12BrN3O/c1-8(5-14)6-16-7-15-11-3-2-9(13)4-10(11)12(16)17/h2-4,7H,1,5-6,14H2. The Labute approximate surface area is 107 Å². The van der Waals surface area contributed by atoms with Crippen molar-refractivity contribution in [3.63, 3.8) is 0 Å². The van der Waals surface area contributed by atoms with E-state index in [9.17, 15) is 4.79 Å². The lowest BCUT2D eigenvalue weighted by Crippen LogP contribution is -2.23. The third-order valence-electron chi connectivity index (χ3n) is 2.47. The van der Waals surface area contributed by atoms with Gasteiger partial charge in [0, 0.05) is 17.6 Å². The van der Waals surface area contributed by atoms with Crippen molar-refractivity contribution in [2.45, 2.75) is 6.54 Å². The molecule has 0 fully saturated rings. The zero-order chi connectivity index (χ0) is 12.4. The molecule has 0 spiro atoms. The lowest BCUT2D eigenvalue weighted by atomic mass is 10.2. The summed E-state index contributed by atoms with van der Waals surface area (Å²) in [7, 11) is 0. The molecule has 0 unspecified atom stereocenters. The second-order valence-corrected chi connectivity index (χ2v) is 4.71. The fourth-order valence-corrected chi connectivity index (χ4v) is 1.91. The van der Waals surface area contributed by atoms with Crippen molar-refractivity contribution in [3.8, 4) is 0 Å². The van der Waals surface area contributed by atoms with Gasteiger partial charge in [-0.3, -0.25) is 9.36 Å². The lowest BCUT2D eigenvalue weighted by molar-refractivity contribution is 0.726. The van der Waals surface area contributed by atoms with E-state index in [1.54, 1.807) is 6.07 Å². The van der Waals surface area contributed by atoms with E-state index in [1.165, 1.54) is 10.9 Å². The normalized spacial score (nSPS) is 10.7. The van der Waals surface area contributed by atoms with Crippen LogP contribution >= 0.6 is 15.9 Å². The number of hydrogen-bond acceptors (Lipinski definition) is 3. The van der Waals surface area contributed by atoms with Gasteiger partial charge in [0.1, 0.15) is 0 Å². The summed E-state index contributed by atoms with van der Waals surface area (Å²) in [5.41, 5.74) is 6.87. The lowest BCUT2D eigenvalue weighted by Gasteiger charge is -2.07. The van der Waals surface area contributed by atoms with E-state index in [2.05, 4.69) is 27.5 Å². The monoisotopic (exact) mass is 293 g/mol. The minimum atomic E-state index is -0.0779. The molecule has 0 atom stereocenters. The molecule has 0 aliphatic rings. The predicted octanol–water partition coefficient (Wildman–Crippen LogP) is 1.67. The fraction of sp³-hybridized carbons (Fsp3) is 0.167. The maximum atomic E-state index is 12.2. The number of halogens is 1. The van der Waals surface area contributed by atoms with Gasteiger partial charge in [-0.15, -0.1) is 0 Å². The molecule has 1 aromatic heterocycles. The van der Waals surface area contributed by atoms with Crippen LogP contribution < -0.4 is 11.3 Å². The number of nitrogens with two attached hydrogens (primary N) is 1. The van der Waals surface area contributed by atoms with Crippen LogP contribution in [0.4, 0.5) is 0 Å². The van der Waals surface area contributed by atoms with E-state index in [0.29, 0.717) is 24.0 Å². The van der Waals surface area contributed by atoms with Gasteiger partial charge in [0.15, 0.2) is 0 Å². The van der Waals surface area contributed by atoms with Crippen LogP contribution in [0.5, 0.6) is 0 Å². The molecule has 2 N–H and O–H groups in total. The van der Waals surface area contributed by atoms with Crippen molar-refractivity contribution in [2.75, 3.05) is 6.54 Å². The Hall–Kier alpha value is -1.46. The highest BCUT2D eigenvalue weighted by molar-refractivity contribution is 9.10. The minimum Gasteiger partial charge on any atom is -0.327 e. The molecular weight excluding hydrogens is 282 g/mol. The maximum absolute atomic E-state index is 12.2. The molecular formula is C12H12BrN3O. The summed E-state index contributed by atoms with van der Waals surface area (Å²) in [4.78, 5) is 16.4. The number of fused-ring (bicyclic) bond motifs is 1. The van der Waals surface area contributed by atoms with Gasteiger partial charge in [0.2, 0.25) is 0 Å². The van der Waals surface area contributed by atoms with Crippen molar-refractivity contribution >= 4 is 26.8 Å². The van der Waals surface area contributed by atoms with Gasteiger partial charge < -0.3 is 5.73 Å². The van der Waals surface area contributed by atoms with Crippen molar-refractivity contribution in [2.24, 2.45) is 5.73 Å². The van der Waals surface area contributed by atoms with Crippen LogP contribution in [0.1, 0.15) is 0 Å². The zero-order valence-electron chi connectivity index (χ0n) is 9.19. The predicted molar refractivity (Wildman–Crippen MR) is 71.9 cm³/mol. The summed E-state index contributed by atoms with van der Waals surface area (Å²) in [6, 6.07) is 5.44. The Bertz CT molecular complexity index is 633. The summed E-state index contributed by atoms with van der Waals surface area (Å²) in [5.74, 6) is 0. The summed E-state index contributed by atoms with van der Waals surface area (Å²) in [6.07, 6.45) is 1.53. The first-order chi connectivity index (χ1) is 8.11. The molecule has 0 saturated heterocycles. The zero-order valence-corrected chi connectivity index (χ0v) is 10.8. The molecule has 5 heteroatoms. The summed E-state index contributed by atoms with van der Waals surface area (Å²) in [6.45, 7) is 4.56. The Morgan fingerprint density at radius 2 is 2.29 bits per heavy atom. The smallest absolute Gasteiger partial charge is 0.261 e. The van der Waals surface area contributed by atoms with Gasteiger partial charge in [0.25, 0.3) is 5.56 Å². The first-order valence-electron chi connectivity index (χ1n) is 5.13. The molecule has 17 heavy (non-hydrogen) atoms. The van der Waals surface area contributed by atoms with E-state index in [1.807, 2.05) is 12.1 Å². The molecule has 1 aromatic carbocycles. The highest BCUT2D eigenvalue weighted by Crippen LogP contribution is 2.14. The van der Waals surface area contributed by atoms with Crippen LogP contribution in [-0.2, 0) is 6.54 Å². The third kappa shape index (κ3) is 2.45. The fourth-order valence-electron chi connectivity index (χ4n) is 1.55. The van der Waals surface area contributed by atoms with Gasteiger partial charge >= 0.3 is 0 Å². The van der Waals surface area contributed by atoms with Crippen molar-refractivity contribution < 1.29 is 0 Å². The van der Waals surface area contributed by atoms with Gasteiger partial charge in [-0.2, -0.15) is 0 Å². The van der Waals surface area contributed by atoms with E-state index in [-0.39, 0.29) is 5.56 Å². The van der Waals surface area contributed by atoms with E-state index >= 15 is 0 Å². The molecule has 1 heterocycles. The Balaban J connectivity index is 2.57. The Morgan fingerprint density at radius 1 is 1.53 bits per heavy atom. The van der Waals surface area contributed by atoms with Crippen molar-refractivity contribution in [1.29, 1.82) is 0 Å². The van der Waals surface area contributed by atoms with Crippen LogP contribution in [0.3, 0.4) is 0 Å². The molecule has 0 saturated carbocycles. The molecule has 0 aliphatic heterocycles. The SMILES string of the molecule is C=C(CN)Cn1cnc2ccc(Br)cc2c1=O. The first kappa shape index (κ1) is 12.0. The topological polar surface area (TPSA) is 60.9 Å². The van der Waals surface area contributed by atoms with E-state index in [0.717, 1.165) is 10.0 Å². The minimum absolute atomic E-state index is 0.0779. The van der Waals surface area contributed by atoms with Gasteiger partial charge in [-0.1, -0.05) is 22.5 Å². The van der Waals surface area contributed by atoms with Crippen LogP contribution in [-0.4, -0.2) is 16.1 Å². The third-order valence-corrected chi connectivity index (χ3v) is 2.96. The molecule has 0 radical (unpaired) electrons. The largest absolute Gasteiger partial charge is 0.327 e. The van der Waals surface area contributed by atoms with Crippen LogP contribution in [0, 0.1) is 0 Å². The molecule has 0 amide bonds.